The van der Waals surface area contributed by atoms with Crippen LogP contribution in [-0.4, -0.2) is 59.1 Å². The molecule has 0 spiro atoms. The second kappa shape index (κ2) is 9.13. The fourth-order valence-corrected chi connectivity index (χ4v) is 5.20. The molecule has 4 aromatic rings. The Morgan fingerprint density at radius 1 is 1.17 bits per heavy atom. The van der Waals surface area contributed by atoms with Gasteiger partial charge in [0.1, 0.15) is 11.6 Å². The number of sulfone groups is 1. The zero-order valence-electron chi connectivity index (χ0n) is 19.9. The van der Waals surface area contributed by atoms with E-state index in [2.05, 4.69) is 26.5 Å². The predicted octanol–water partition coefficient (Wildman–Crippen LogP) is 1.95. The Morgan fingerprint density at radius 3 is 2.61 bits per heavy atom. The Hall–Kier alpha value is -4.17. The number of aryl methyl sites for hydroxylation is 1. The monoisotopic (exact) mass is 503 g/mol. The first kappa shape index (κ1) is 23.6. The van der Waals surface area contributed by atoms with Gasteiger partial charge < -0.3 is 10.2 Å². The SMILES string of the molecule is Cn1cc(-c2cc(N3CC[C@@H](NC(=O)Cc4ccc(S(C)(=O)=O)cc4)C3)c3c(C#N)cnn3c2)cn1. The van der Waals surface area contributed by atoms with E-state index in [1.54, 1.807) is 33.7 Å². The van der Waals surface area contributed by atoms with Crippen LogP contribution in [0.5, 0.6) is 0 Å². The standard InChI is InChI=1S/C25H25N7O3S/c1-30-14-20(13-27-30)18-10-23(25-19(11-26)12-28-32(25)15-18)31-8-7-21(16-31)29-24(33)9-17-3-5-22(6-4-17)36(2,34)35/h3-6,10,12-15,21H,7-9,16H2,1-2H3,(H,29,33)/t21-/m1/s1. The molecule has 11 heteroatoms. The average Bonchev–Trinajstić information content (AvgIpc) is 3.57. The van der Waals surface area contributed by atoms with Crippen LogP contribution in [0.2, 0.25) is 0 Å². The molecule has 1 saturated heterocycles. The second-order valence-corrected chi connectivity index (χ2v) is 11.1. The van der Waals surface area contributed by atoms with Crippen LogP contribution in [0.15, 0.2) is 60.0 Å². The van der Waals surface area contributed by atoms with E-state index in [-0.39, 0.29) is 23.3 Å². The quantitative estimate of drug-likeness (QED) is 0.426. The molecular weight excluding hydrogens is 478 g/mol. The lowest BCUT2D eigenvalue weighted by molar-refractivity contribution is -0.121. The van der Waals surface area contributed by atoms with Crippen LogP contribution in [-0.2, 0) is 28.1 Å². The van der Waals surface area contributed by atoms with Gasteiger partial charge in [-0.15, -0.1) is 0 Å². The fourth-order valence-electron chi connectivity index (χ4n) is 4.57. The third-order valence-electron chi connectivity index (χ3n) is 6.36. The molecule has 1 aliphatic rings. The average molecular weight is 504 g/mol. The van der Waals surface area contributed by atoms with Gasteiger partial charge in [-0.25, -0.2) is 12.9 Å². The van der Waals surface area contributed by atoms with Crippen molar-refractivity contribution in [3.05, 3.63) is 66.2 Å². The summed E-state index contributed by atoms with van der Waals surface area (Å²) < 4.78 is 26.7. The zero-order valence-corrected chi connectivity index (χ0v) is 20.7. The van der Waals surface area contributed by atoms with Crippen molar-refractivity contribution in [2.75, 3.05) is 24.2 Å². The predicted molar refractivity (Wildman–Crippen MR) is 134 cm³/mol. The lowest BCUT2D eigenvalue weighted by atomic mass is 10.1. The molecule has 1 fully saturated rings. The highest BCUT2D eigenvalue weighted by molar-refractivity contribution is 7.90. The number of aromatic nitrogens is 4. The van der Waals surface area contributed by atoms with Gasteiger partial charge in [0.15, 0.2) is 9.84 Å². The Bertz CT molecular complexity index is 1600. The highest BCUT2D eigenvalue weighted by Crippen LogP contribution is 2.32. The molecular formula is C25H25N7O3S. The third kappa shape index (κ3) is 4.67. The summed E-state index contributed by atoms with van der Waals surface area (Å²) in [5, 5.41) is 21.4. The summed E-state index contributed by atoms with van der Waals surface area (Å²) in [5.41, 5.74) is 4.75. The first-order chi connectivity index (χ1) is 17.2. The van der Waals surface area contributed by atoms with Crippen LogP contribution >= 0.6 is 0 Å². The highest BCUT2D eigenvalue weighted by atomic mass is 32.2. The van der Waals surface area contributed by atoms with Crippen molar-refractivity contribution >= 4 is 26.9 Å². The summed E-state index contributed by atoms with van der Waals surface area (Å²) in [6.07, 6.45) is 9.26. The molecule has 184 valence electrons. The number of rotatable bonds is 6. The minimum atomic E-state index is -3.27. The van der Waals surface area contributed by atoms with E-state index in [0.29, 0.717) is 12.1 Å². The molecule has 0 bridgehead atoms. The summed E-state index contributed by atoms with van der Waals surface area (Å²) in [6, 6.07) is 10.6. The van der Waals surface area contributed by atoms with E-state index >= 15 is 0 Å². The number of fused-ring (bicyclic) bond motifs is 1. The smallest absolute Gasteiger partial charge is 0.224 e. The number of nitrogens with one attached hydrogen (secondary N) is 1. The fraction of sp³-hybridized carbons (Fsp3) is 0.280. The molecule has 36 heavy (non-hydrogen) atoms. The maximum atomic E-state index is 12.7. The molecule has 1 aliphatic heterocycles. The van der Waals surface area contributed by atoms with Crippen LogP contribution in [0.3, 0.4) is 0 Å². The van der Waals surface area contributed by atoms with E-state index in [1.807, 2.05) is 25.5 Å². The maximum absolute atomic E-state index is 12.7. The molecule has 1 amide bonds. The molecule has 0 radical (unpaired) electrons. The number of nitriles is 1. The zero-order chi connectivity index (χ0) is 25.4. The van der Waals surface area contributed by atoms with Crippen molar-refractivity contribution < 1.29 is 13.2 Å². The summed E-state index contributed by atoms with van der Waals surface area (Å²) in [6.45, 7) is 1.32. The first-order valence-electron chi connectivity index (χ1n) is 11.4. The lowest BCUT2D eigenvalue weighted by Crippen LogP contribution is -2.38. The number of carbonyl (C=O) groups is 1. The van der Waals surface area contributed by atoms with Crippen LogP contribution in [0.4, 0.5) is 5.69 Å². The van der Waals surface area contributed by atoms with Gasteiger partial charge in [-0.05, 0) is 30.2 Å². The molecule has 1 N–H and O–H groups in total. The minimum absolute atomic E-state index is 0.0525. The topological polar surface area (TPSA) is 125 Å². The van der Waals surface area contributed by atoms with Gasteiger partial charge in [0.25, 0.3) is 0 Å². The van der Waals surface area contributed by atoms with Gasteiger partial charge in [0, 0.05) is 56.0 Å². The highest BCUT2D eigenvalue weighted by Gasteiger charge is 2.27. The number of pyridine rings is 1. The molecule has 1 aromatic carbocycles. The van der Waals surface area contributed by atoms with Gasteiger partial charge in [-0.2, -0.15) is 15.5 Å². The second-order valence-electron chi connectivity index (χ2n) is 9.07. The number of amides is 1. The molecule has 3 aromatic heterocycles. The van der Waals surface area contributed by atoms with Crippen LogP contribution in [0, 0.1) is 11.3 Å². The van der Waals surface area contributed by atoms with Gasteiger partial charge in [-0.1, -0.05) is 12.1 Å². The third-order valence-corrected chi connectivity index (χ3v) is 7.49. The van der Waals surface area contributed by atoms with Crippen molar-refractivity contribution in [2.24, 2.45) is 7.05 Å². The lowest BCUT2D eigenvalue weighted by Gasteiger charge is -2.21. The number of hydrogen-bond donors (Lipinski definition) is 1. The summed E-state index contributed by atoms with van der Waals surface area (Å²) >= 11 is 0. The van der Waals surface area contributed by atoms with E-state index in [4.69, 9.17) is 0 Å². The molecule has 1 atom stereocenters. The van der Waals surface area contributed by atoms with Gasteiger partial charge >= 0.3 is 0 Å². The number of carbonyl (C=O) groups excluding carboxylic acids is 1. The van der Waals surface area contributed by atoms with E-state index in [9.17, 15) is 18.5 Å². The van der Waals surface area contributed by atoms with Crippen molar-refractivity contribution in [3.63, 3.8) is 0 Å². The Kier molecular flexibility index (Phi) is 5.97. The number of anilines is 1. The van der Waals surface area contributed by atoms with Crippen molar-refractivity contribution in [2.45, 2.75) is 23.8 Å². The normalized spacial score (nSPS) is 15.8. The minimum Gasteiger partial charge on any atom is -0.368 e. The number of hydrogen-bond acceptors (Lipinski definition) is 7. The number of benzene rings is 1. The maximum Gasteiger partial charge on any atom is 0.224 e. The molecule has 5 rings (SSSR count). The van der Waals surface area contributed by atoms with Crippen LogP contribution < -0.4 is 10.2 Å². The van der Waals surface area contributed by atoms with Crippen LogP contribution in [0.1, 0.15) is 17.5 Å². The Labute approximate surface area is 208 Å². The first-order valence-corrected chi connectivity index (χ1v) is 13.3. The van der Waals surface area contributed by atoms with Crippen molar-refractivity contribution in [3.8, 4) is 17.2 Å². The van der Waals surface area contributed by atoms with Gasteiger partial charge in [0.2, 0.25) is 5.91 Å². The van der Waals surface area contributed by atoms with Gasteiger partial charge in [0.05, 0.1) is 35.0 Å². The molecule has 4 heterocycles. The Morgan fingerprint density at radius 2 is 1.94 bits per heavy atom. The molecule has 0 saturated carbocycles. The van der Waals surface area contributed by atoms with Crippen molar-refractivity contribution in [1.82, 2.24) is 24.7 Å². The van der Waals surface area contributed by atoms with Gasteiger partial charge in [-0.3, -0.25) is 9.48 Å². The molecule has 10 nitrogen and oxygen atoms in total. The van der Waals surface area contributed by atoms with Crippen molar-refractivity contribution in [1.29, 1.82) is 5.26 Å². The summed E-state index contributed by atoms with van der Waals surface area (Å²) in [4.78, 5) is 15.1. The number of nitrogens with zero attached hydrogens (tertiary/aromatic N) is 6. The largest absolute Gasteiger partial charge is 0.368 e. The Balaban J connectivity index is 1.33. The van der Waals surface area contributed by atoms with E-state index < -0.39 is 9.84 Å². The van der Waals surface area contributed by atoms with E-state index in [0.717, 1.165) is 47.1 Å². The van der Waals surface area contributed by atoms with Crippen LogP contribution in [0.25, 0.3) is 16.6 Å². The van der Waals surface area contributed by atoms with E-state index in [1.165, 1.54) is 12.1 Å². The molecule has 0 unspecified atom stereocenters. The molecule has 0 aliphatic carbocycles. The summed E-state index contributed by atoms with van der Waals surface area (Å²) in [7, 11) is -1.41. The summed E-state index contributed by atoms with van der Waals surface area (Å²) in [5.74, 6) is -0.120.